The van der Waals surface area contributed by atoms with E-state index in [1.165, 1.54) is 0 Å². The maximum Gasteiger partial charge on any atom is 0.227 e. The van der Waals surface area contributed by atoms with Crippen molar-refractivity contribution in [3.63, 3.8) is 0 Å². The molecule has 0 aliphatic heterocycles. The number of nitrogens with one attached hydrogen (secondary N) is 1. The summed E-state index contributed by atoms with van der Waals surface area (Å²) in [5, 5.41) is 2.83. The standard InChI is InChI=1S/C19H23NO4/c1-13-5-6-14(2)17(11-13)24-10-9-19(21)20-16-8-7-15(22-3)12-18(16)23-4/h5-8,11-12H,9-10H2,1-4H3,(H,20,21). The van der Waals surface area contributed by atoms with Gasteiger partial charge in [0.1, 0.15) is 17.2 Å². The molecule has 0 aromatic heterocycles. The van der Waals surface area contributed by atoms with Crippen LogP contribution in [0.3, 0.4) is 0 Å². The Balaban J connectivity index is 1.90. The minimum absolute atomic E-state index is 0.135. The summed E-state index contributed by atoms with van der Waals surface area (Å²) in [7, 11) is 3.13. The number of hydrogen-bond acceptors (Lipinski definition) is 4. The van der Waals surface area contributed by atoms with E-state index in [2.05, 4.69) is 5.32 Å². The Kier molecular flexibility index (Phi) is 6.07. The fraction of sp³-hybridized carbons (Fsp3) is 0.316. The lowest BCUT2D eigenvalue weighted by Gasteiger charge is -2.12. The van der Waals surface area contributed by atoms with Crippen molar-refractivity contribution in [2.75, 3.05) is 26.1 Å². The van der Waals surface area contributed by atoms with Gasteiger partial charge < -0.3 is 19.5 Å². The number of anilines is 1. The summed E-state index contributed by atoms with van der Waals surface area (Å²) < 4.78 is 16.1. The van der Waals surface area contributed by atoms with Gasteiger partial charge in [-0.1, -0.05) is 12.1 Å². The third-order valence-electron chi connectivity index (χ3n) is 3.61. The molecule has 2 aromatic carbocycles. The van der Waals surface area contributed by atoms with Crippen LogP contribution in [-0.4, -0.2) is 26.7 Å². The highest BCUT2D eigenvalue weighted by atomic mass is 16.5. The summed E-state index contributed by atoms with van der Waals surface area (Å²) in [6, 6.07) is 11.3. The highest BCUT2D eigenvalue weighted by Gasteiger charge is 2.09. The molecule has 1 N–H and O–H groups in total. The number of benzene rings is 2. The molecular formula is C19H23NO4. The van der Waals surface area contributed by atoms with Gasteiger partial charge in [0.2, 0.25) is 5.91 Å². The van der Waals surface area contributed by atoms with Crippen molar-refractivity contribution >= 4 is 11.6 Å². The number of methoxy groups -OCH3 is 2. The summed E-state index contributed by atoms with van der Waals surface area (Å²) in [5.41, 5.74) is 2.79. The van der Waals surface area contributed by atoms with Crippen molar-refractivity contribution in [3.8, 4) is 17.2 Å². The quantitative estimate of drug-likeness (QED) is 0.841. The van der Waals surface area contributed by atoms with Crippen LogP contribution < -0.4 is 19.5 Å². The molecule has 24 heavy (non-hydrogen) atoms. The van der Waals surface area contributed by atoms with E-state index < -0.39 is 0 Å². The van der Waals surface area contributed by atoms with Crippen LogP contribution in [0.25, 0.3) is 0 Å². The third kappa shape index (κ3) is 4.65. The van der Waals surface area contributed by atoms with Gasteiger partial charge in [0, 0.05) is 6.07 Å². The van der Waals surface area contributed by atoms with Crippen molar-refractivity contribution in [2.24, 2.45) is 0 Å². The molecule has 0 aliphatic carbocycles. The van der Waals surface area contributed by atoms with Gasteiger partial charge in [0.15, 0.2) is 0 Å². The Morgan fingerprint density at radius 1 is 1.00 bits per heavy atom. The Morgan fingerprint density at radius 3 is 2.50 bits per heavy atom. The van der Waals surface area contributed by atoms with E-state index in [9.17, 15) is 4.79 Å². The molecule has 0 fully saturated rings. The van der Waals surface area contributed by atoms with Crippen LogP contribution >= 0.6 is 0 Å². The SMILES string of the molecule is COc1ccc(NC(=O)CCOc2cc(C)ccc2C)c(OC)c1. The zero-order chi connectivity index (χ0) is 17.5. The van der Waals surface area contributed by atoms with Crippen LogP contribution in [0.5, 0.6) is 17.2 Å². The second-order valence-corrected chi connectivity index (χ2v) is 5.48. The van der Waals surface area contributed by atoms with E-state index in [0.717, 1.165) is 16.9 Å². The Bertz CT molecular complexity index is 713. The number of rotatable bonds is 7. The molecule has 5 heteroatoms. The van der Waals surface area contributed by atoms with Gasteiger partial charge in [-0.3, -0.25) is 4.79 Å². The average Bonchev–Trinajstić information content (AvgIpc) is 2.58. The maximum atomic E-state index is 12.1. The number of ether oxygens (including phenoxy) is 3. The van der Waals surface area contributed by atoms with Crippen LogP contribution in [-0.2, 0) is 4.79 Å². The Hall–Kier alpha value is -2.69. The van der Waals surface area contributed by atoms with E-state index in [1.807, 2.05) is 32.0 Å². The van der Waals surface area contributed by atoms with Gasteiger partial charge in [-0.05, 0) is 43.2 Å². The molecule has 0 atom stereocenters. The molecule has 0 saturated heterocycles. The monoisotopic (exact) mass is 329 g/mol. The van der Waals surface area contributed by atoms with E-state index in [0.29, 0.717) is 23.8 Å². The van der Waals surface area contributed by atoms with Crippen molar-refractivity contribution in [2.45, 2.75) is 20.3 Å². The van der Waals surface area contributed by atoms with Crippen LogP contribution in [0.15, 0.2) is 36.4 Å². The highest BCUT2D eigenvalue weighted by Crippen LogP contribution is 2.29. The molecule has 0 radical (unpaired) electrons. The lowest BCUT2D eigenvalue weighted by atomic mass is 10.1. The van der Waals surface area contributed by atoms with Crippen LogP contribution in [0.1, 0.15) is 17.5 Å². The van der Waals surface area contributed by atoms with Gasteiger partial charge in [-0.15, -0.1) is 0 Å². The van der Waals surface area contributed by atoms with Crippen LogP contribution in [0.4, 0.5) is 5.69 Å². The Morgan fingerprint density at radius 2 is 1.79 bits per heavy atom. The molecule has 2 rings (SSSR count). The van der Waals surface area contributed by atoms with E-state index in [1.54, 1.807) is 32.4 Å². The average molecular weight is 329 g/mol. The van der Waals surface area contributed by atoms with Crippen LogP contribution in [0, 0.1) is 13.8 Å². The first kappa shape index (κ1) is 17.7. The number of carbonyl (C=O) groups is 1. The molecule has 0 saturated carbocycles. The third-order valence-corrected chi connectivity index (χ3v) is 3.61. The van der Waals surface area contributed by atoms with Gasteiger partial charge in [-0.2, -0.15) is 0 Å². The number of carbonyl (C=O) groups excluding carboxylic acids is 1. The first-order valence-electron chi connectivity index (χ1n) is 7.75. The highest BCUT2D eigenvalue weighted by molar-refractivity contribution is 5.92. The molecule has 5 nitrogen and oxygen atoms in total. The molecule has 0 bridgehead atoms. The van der Waals surface area contributed by atoms with E-state index in [-0.39, 0.29) is 12.3 Å². The van der Waals surface area contributed by atoms with Crippen molar-refractivity contribution in [1.82, 2.24) is 0 Å². The zero-order valence-corrected chi connectivity index (χ0v) is 14.5. The zero-order valence-electron chi connectivity index (χ0n) is 14.5. The van der Waals surface area contributed by atoms with E-state index in [4.69, 9.17) is 14.2 Å². The predicted octanol–water partition coefficient (Wildman–Crippen LogP) is 3.73. The lowest BCUT2D eigenvalue weighted by Crippen LogP contribution is -2.16. The van der Waals surface area contributed by atoms with Crippen molar-refractivity contribution < 1.29 is 19.0 Å². The summed E-state index contributed by atoms with van der Waals surface area (Å²) in [5.74, 6) is 1.90. The minimum Gasteiger partial charge on any atom is -0.497 e. The molecule has 2 aromatic rings. The number of aryl methyl sites for hydroxylation is 2. The van der Waals surface area contributed by atoms with Gasteiger partial charge >= 0.3 is 0 Å². The first-order valence-corrected chi connectivity index (χ1v) is 7.75. The number of hydrogen-bond donors (Lipinski definition) is 1. The normalized spacial score (nSPS) is 10.2. The van der Waals surface area contributed by atoms with Gasteiger partial charge in [0.25, 0.3) is 0 Å². The molecular weight excluding hydrogens is 306 g/mol. The van der Waals surface area contributed by atoms with Gasteiger partial charge in [-0.25, -0.2) is 0 Å². The summed E-state index contributed by atoms with van der Waals surface area (Å²) >= 11 is 0. The largest absolute Gasteiger partial charge is 0.497 e. The molecule has 128 valence electrons. The fourth-order valence-corrected chi connectivity index (χ4v) is 2.23. The van der Waals surface area contributed by atoms with E-state index >= 15 is 0 Å². The molecule has 0 unspecified atom stereocenters. The maximum absolute atomic E-state index is 12.1. The second-order valence-electron chi connectivity index (χ2n) is 5.48. The second kappa shape index (κ2) is 8.24. The minimum atomic E-state index is -0.135. The predicted molar refractivity (Wildman–Crippen MR) is 94.2 cm³/mol. The molecule has 1 amide bonds. The molecule has 0 aliphatic rings. The molecule has 0 spiro atoms. The van der Waals surface area contributed by atoms with Crippen LogP contribution in [0.2, 0.25) is 0 Å². The summed E-state index contributed by atoms with van der Waals surface area (Å²) in [6.45, 7) is 4.31. The van der Waals surface area contributed by atoms with Gasteiger partial charge in [0.05, 0.1) is 32.9 Å². The smallest absolute Gasteiger partial charge is 0.227 e. The number of amides is 1. The topological polar surface area (TPSA) is 56.8 Å². The van der Waals surface area contributed by atoms with Crippen molar-refractivity contribution in [3.05, 3.63) is 47.5 Å². The van der Waals surface area contributed by atoms with Crippen molar-refractivity contribution in [1.29, 1.82) is 0 Å². The lowest BCUT2D eigenvalue weighted by molar-refractivity contribution is -0.116. The summed E-state index contributed by atoms with van der Waals surface area (Å²) in [6.07, 6.45) is 0.253. The first-order chi connectivity index (χ1) is 11.5. The summed E-state index contributed by atoms with van der Waals surface area (Å²) in [4.78, 5) is 12.1. The fourth-order valence-electron chi connectivity index (χ4n) is 2.23. The Labute approximate surface area is 142 Å². The molecule has 0 heterocycles.